The number of aryl methyl sites for hydroxylation is 1. The Hall–Kier alpha value is -1.54. The summed E-state index contributed by atoms with van der Waals surface area (Å²) in [5.74, 6) is 0. The summed E-state index contributed by atoms with van der Waals surface area (Å²) in [4.78, 5) is 0. The highest BCUT2D eigenvalue weighted by Gasteiger charge is 2.01. The number of nitrogens with zero attached hydrogens (tertiary/aromatic N) is 1. The monoisotopic (exact) mass is 214 g/mol. The van der Waals surface area contributed by atoms with Crippen LogP contribution >= 0.6 is 0 Å². The molecule has 0 unspecified atom stereocenters. The largest absolute Gasteiger partial charge is 0.347 e. The first kappa shape index (κ1) is 11.0. The SMILES string of the molecule is C=CCCCn1ccc2ccc(CN)cc21. The van der Waals surface area contributed by atoms with Crippen molar-refractivity contribution in [2.75, 3.05) is 0 Å². The van der Waals surface area contributed by atoms with Crippen LogP contribution in [-0.2, 0) is 13.1 Å². The van der Waals surface area contributed by atoms with E-state index >= 15 is 0 Å². The van der Waals surface area contributed by atoms with Gasteiger partial charge in [-0.15, -0.1) is 6.58 Å². The summed E-state index contributed by atoms with van der Waals surface area (Å²) in [6.45, 7) is 5.39. The fraction of sp³-hybridized carbons (Fsp3) is 0.286. The van der Waals surface area contributed by atoms with Crippen LogP contribution in [0.5, 0.6) is 0 Å². The lowest BCUT2D eigenvalue weighted by molar-refractivity contribution is 0.671. The first-order valence-electron chi connectivity index (χ1n) is 5.74. The molecule has 0 radical (unpaired) electrons. The van der Waals surface area contributed by atoms with Crippen LogP contribution in [0.2, 0.25) is 0 Å². The van der Waals surface area contributed by atoms with E-state index in [2.05, 4.69) is 41.6 Å². The number of nitrogens with two attached hydrogens (primary N) is 1. The van der Waals surface area contributed by atoms with Gasteiger partial charge in [0.2, 0.25) is 0 Å². The van der Waals surface area contributed by atoms with Gasteiger partial charge in [-0.3, -0.25) is 0 Å². The van der Waals surface area contributed by atoms with Crippen LogP contribution in [0.15, 0.2) is 43.1 Å². The summed E-state index contributed by atoms with van der Waals surface area (Å²) in [6, 6.07) is 8.57. The molecule has 84 valence electrons. The van der Waals surface area contributed by atoms with Gasteiger partial charge in [0.1, 0.15) is 0 Å². The molecule has 1 aromatic heterocycles. The molecule has 0 aliphatic rings. The maximum Gasteiger partial charge on any atom is 0.0483 e. The average molecular weight is 214 g/mol. The van der Waals surface area contributed by atoms with Gasteiger partial charge in [-0.2, -0.15) is 0 Å². The quantitative estimate of drug-likeness (QED) is 0.602. The highest BCUT2D eigenvalue weighted by molar-refractivity contribution is 5.80. The Kier molecular flexibility index (Phi) is 3.42. The van der Waals surface area contributed by atoms with Crippen molar-refractivity contribution < 1.29 is 0 Å². The summed E-state index contributed by atoms with van der Waals surface area (Å²) in [5, 5.41) is 1.29. The molecule has 2 heteroatoms. The molecule has 0 saturated heterocycles. The molecule has 2 rings (SSSR count). The number of unbranched alkanes of at least 4 members (excludes halogenated alkanes) is 1. The molecule has 2 nitrogen and oxygen atoms in total. The molecule has 2 aromatic rings. The number of rotatable bonds is 5. The second-order valence-electron chi connectivity index (χ2n) is 4.04. The van der Waals surface area contributed by atoms with Gasteiger partial charge in [0.25, 0.3) is 0 Å². The van der Waals surface area contributed by atoms with E-state index in [1.807, 2.05) is 6.08 Å². The van der Waals surface area contributed by atoms with Crippen molar-refractivity contribution in [3.63, 3.8) is 0 Å². The van der Waals surface area contributed by atoms with Crippen molar-refractivity contribution in [1.82, 2.24) is 4.57 Å². The third-order valence-corrected chi connectivity index (χ3v) is 2.88. The molecule has 0 atom stereocenters. The smallest absolute Gasteiger partial charge is 0.0483 e. The number of hydrogen-bond donors (Lipinski definition) is 1. The first-order chi connectivity index (χ1) is 7.85. The van der Waals surface area contributed by atoms with Gasteiger partial charge in [0.05, 0.1) is 0 Å². The fourth-order valence-electron chi connectivity index (χ4n) is 1.96. The highest BCUT2D eigenvalue weighted by atomic mass is 14.9. The fourth-order valence-corrected chi connectivity index (χ4v) is 1.96. The van der Waals surface area contributed by atoms with Gasteiger partial charge in [-0.05, 0) is 35.9 Å². The zero-order valence-corrected chi connectivity index (χ0v) is 9.52. The minimum atomic E-state index is 0.605. The van der Waals surface area contributed by atoms with E-state index in [1.54, 1.807) is 0 Å². The number of fused-ring (bicyclic) bond motifs is 1. The number of allylic oxidation sites excluding steroid dienone is 1. The van der Waals surface area contributed by atoms with E-state index in [-0.39, 0.29) is 0 Å². The molecule has 0 spiro atoms. The predicted molar refractivity (Wildman–Crippen MR) is 69.3 cm³/mol. The van der Waals surface area contributed by atoms with E-state index in [9.17, 15) is 0 Å². The zero-order valence-electron chi connectivity index (χ0n) is 9.52. The molecule has 1 heterocycles. The molecule has 16 heavy (non-hydrogen) atoms. The van der Waals surface area contributed by atoms with Gasteiger partial charge in [0, 0.05) is 24.8 Å². The molecule has 0 amide bonds. The van der Waals surface area contributed by atoms with Gasteiger partial charge < -0.3 is 10.3 Å². The molecule has 0 aliphatic carbocycles. The Labute approximate surface area is 96.4 Å². The molecule has 2 N–H and O–H groups in total. The summed E-state index contributed by atoms with van der Waals surface area (Å²) in [6.07, 6.45) is 6.32. The Balaban J connectivity index is 2.27. The van der Waals surface area contributed by atoms with Crippen LogP contribution in [0.1, 0.15) is 18.4 Å². The first-order valence-corrected chi connectivity index (χ1v) is 5.74. The second-order valence-corrected chi connectivity index (χ2v) is 4.04. The Bertz CT molecular complexity index is 482. The van der Waals surface area contributed by atoms with E-state index in [0.29, 0.717) is 6.54 Å². The normalized spacial score (nSPS) is 10.8. The van der Waals surface area contributed by atoms with Gasteiger partial charge in [-0.1, -0.05) is 18.2 Å². The Morgan fingerprint density at radius 2 is 2.19 bits per heavy atom. The maximum atomic E-state index is 5.66. The van der Waals surface area contributed by atoms with Crippen LogP contribution in [0.3, 0.4) is 0 Å². The van der Waals surface area contributed by atoms with Crippen LogP contribution in [0.25, 0.3) is 10.9 Å². The van der Waals surface area contributed by atoms with Gasteiger partial charge in [0.15, 0.2) is 0 Å². The van der Waals surface area contributed by atoms with Crippen LogP contribution < -0.4 is 5.73 Å². The van der Waals surface area contributed by atoms with Crippen molar-refractivity contribution in [2.24, 2.45) is 5.73 Å². The van der Waals surface area contributed by atoms with Gasteiger partial charge >= 0.3 is 0 Å². The van der Waals surface area contributed by atoms with Crippen LogP contribution in [0, 0.1) is 0 Å². The molecule has 0 saturated carbocycles. The van der Waals surface area contributed by atoms with Crippen LogP contribution in [-0.4, -0.2) is 4.57 Å². The summed E-state index contributed by atoms with van der Waals surface area (Å²) >= 11 is 0. The van der Waals surface area contributed by atoms with E-state index in [1.165, 1.54) is 16.5 Å². The number of hydrogen-bond acceptors (Lipinski definition) is 1. The average Bonchev–Trinajstić information content (AvgIpc) is 2.72. The number of benzene rings is 1. The van der Waals surface area contributed by atoms with Crippen molar-refractivity contribution in [2.45, 2.75) is 25.9 Å². The Morgan fingerprint density at radius 1 is 1.31 bits per heavy atom. The molecule has 0 aliphatic heterocycles. The second kappa shape index (κ2) is 4.99. The Morgan fingerprint density at radius 3 is 2.94 bits per heavy atom. The third kappa shape index (κ3) is 2.17. The van der Waals surface area contributed by atoms with Crippen molar-refractivity contribution in [1.29, 1.82) is 0 Å². The van der Waals surface area contributed by atoms with Gasteiger partial charge in [-0.25, -0.2) is 0 Å². The zero-order chi connectivity index (χ0) is 11.4. The lowest BCUT2D eigenvalue weighted by Gasteiger charge is -2.05. The van der Waals surface area contributed by atoms with Crippen molar-refractivity contribution in [3.05, 3.63) is 48.7 Å². The molecular formula is C14H18N2. The topological polar surface area (TPSA) is 30.9 Å². The summed E-state index contributed by atoms with van der Waals surface area (Å²) in [5.41, 5.74) is 8.13. The van der Waals surface area contributed by atoms with E-state index in [4.69, 9.17) is 5.73 Å². The maximum absolute atomic E-state index is 5.66. The minimum absolute atomic E-state index is 0.605. The minimum Gasteiger partial charge on any atom is -0.347 e. The highest BCUT2D eigenvalue weighted by Crippen LogP contribution is 2.18. The van der Waals surface area contributed by atoms with E-state index < -0.39 is 0 Å². The van der Waals surface area contributed by atoms with E-state index in [0.717, 1.165) is 19.4 Å². The number of aromatic nitrogens is 1. The molecule has 0 fully saturated rings. The standard InChI is InChI=1S/C14H18N2/c1-2-3-4-8-16-9-7-13-6-5-12(11-15)10-14(13)16/h2,5-7,9-10H,1,3-4,8,11,15H2. The van der Waals surface area contributed by atoms with Crippen molar-refractivity contribution in [3.8, 4) is 0 Å². The molecule has 0 bridgehead atoms. The lowest BCUT2D eigenvalue weighted by Crippen LogP contribution is -1.98. The predicted octanol–water partition coefficient (Wildman–Crippen LogP) is 3.07. The molecule has 1 aromatic carbocycles. The van der Waals surface area contributed by atoms with Crippen LogP contribution in [0.4, 0.5) is 0 Å². The van der Waals surface area contributed by atoms with Crippen molar-refractivity contribution >= 4 is 10.9 Å². The summed E-state index contributed by atoms with van der Waals surface area (Å²) in [7, 11) is 0. The third-order valence-electron chi connectivity index (χ3n) is 2.88. The molecular weight excluding hydrogens is 196 g/mol. The summed E-state index contributed by atoms with van der Waals surface area (Å²) < 4.78 is 2.29. The lowest BCUT2D eigenvalue weighted by atomic mass is 10.1.